The number of hydrogen-bond donors (Lipinski definition) is 1. The van der Waals surface area contributed by atoms with Crippen LogP contribution in [0.1, 0.15) is 16.7 Å². The van der Waals surface area contributed by atoms with Crippen LogP contribution in [-0.4, -0.2) is 43.3 Å². The number of carbonyl (C=O) groups excluding carboxylic acids is 1. The quantitative estimate of drug-likeness (QED) is 0.911. The topological polar surface area (TPSA) is 41.6 Å². The fourth-order valence-electron chi connectivity index (χ4n) is 2.02. The van der Waals surface area contributed by atoms with E-state index in [9.17, 15) is 4.79 Å². The lowest BCUT2D eigenvalue weighted by Gasteiger charge is -2.28. The lowest BCUT2D eigenvalue weighted by atomic mass is 10.2. The van der Waals surface area contributed by atoms with Crippen LogP contribution in [0.4, 0.5) is 4.79 Å². The van der Waals surface area contributed by atoms with Gasteiger partial charge in [0.1, 0.15) is 0 Å². The van der Waals surface area contributed by atoms with E-state index >= 15 is 0 Å². The summed E-state index contributed by atoms with van der Waals surface area (Å²) in [7, 11) is 0. The molecular formula is C13H20N2O2S. The van der Waals surface area contributed by atoms with E-state index in [1.54, 1.807) is 11.3 Å². The van der Waals surface area contributed by atoms with Crippen molar-refractivity contribution < 1.29 is 9.53 Å². The summed E-state index contributed by atoms with van der Waals surface area (Å²) in [6.45, 7) is 6.82. The normalized spacial score (nSPS) is 17.6. The van der Waals surface area contributed by atoms with E-state index in [4.69, 9.17) is 4.74 Å². The van der Waals surface area contributed by atoms with E-state index in [0.29, 0.717) is 26.3 Å². The first-order chi connectivity index (χ1) is 8.65. The smallest absolute Gasteiger partial charge is 0.317 e. The molecule has 1 aliphatic heterocycles. The fourth-order valence-corrected chi connectivity index (χ4v) is 3.04. The van der Waals surface area contributed by atoms with Gasteiger partial charge in [0.2, 0.25) is 0 Å². The maximum absolute atomic E-state index is 12.0. The van der Waals surface area contributed by atoms with Gasteiger partial charge in [-0.05, 0) is 26.0 Å². The molecule has 1 atom stereocenters. The first-order valence-corrected chi connectivity index (χ1v) is 7.15. The van der Waals surface area contributed by atoms with Crippen LogP contribution in [0.5, 0.6) is 0 Å². The van der Waals surface area contributed by atoms with Gasteiger partial charge in [-0.25, -0.2) is 4.79 Å². The van der Waals surface area contributed by atoms with Crippen LogP contribution in [0.25, 0.3) is 0 Å². The van der Waals surface area contributed by atoms with Crippen molar-refractivity contribution in [2.45, 2.75) is 26.3 Å². The zero-order valence-corrected chi connectivity index (χ0v) is 11.8. The van der Waals surface area contributed by atoms with Crippen molar-refractivity contribution in [2.75, 3.05) is 26.3 Å². The second-order valence-corrected chi connectivity index (χ2v) is 6.04. The maximum atomic E-state index is 12.0. The number of urea groups is 1. The Morgan fingerprint density at radius 2 is 2.22 bits per heavy atom. The average Bonchev–Trinajstić information content (AvgIpc) is 2.75. The Balaban J connectivity index is 1.79. The largest absolute Gasteiger partial charge is 0.378 e. The molecule has 0 aliphatic carbocycles. The van der Waals surface area contributed by atoms with E-state index in [-0.39, 0.29) is 12.1 Å². The van der Waals surface area contributed by atoms with Crippen molar-refractivity contribution in [3.8, 4) is 0 Å². The molecule has 1 unspecified atom stereocenters. The summed E-state index contributed by atoms with van der Waals surface area (Å²) in [6.07, 6.45) is 0.897. The Hall–Kier alpha value is -1.07. The number of nitrogens with zero attached hydrogens (tertiary/aromatic N) is 1. The predicted octanol–water partition coefficient (Wildman–Crippen LogP) is 2.03. The standard InChI is InChI=1S/C13H20N2O2S/c1-10(9-12-4-3-11(2)18-12)14-13(16)15-5-7-17-8-6-15/h3-4,10H,5-9H2,1-2H3,(H,14,16). The monoisotopic (exact) mass is 268 g/mol. The number of thiophene rings is 1. The molecule has 1 N–H and O–H groups in total. The van der Waals surface area contributed by atoms with Crippen molar-refractivity contribution in [2.24, 2.45) is 0 Å². The molecule has 1 fully saturated rings. The summed E-state index contributed by atoms with van der Waals surface area (Å²) >= 11 is 1.79. The number of nitrogens with one attached hydrogen (secondary N) is 1. The number of hydrogen-bond acceptors (Lipinski definition) is 3. The van der Waals surface area contributed by atoms with Gasteiger partial charge in [0.05, 0.1) is 13.2 Å². The summed E-state index contributed by atoms with van der Waals surface area (Å²) in [5.74, 6) is 0. The highest BCUT2D eigenvalue weighted by atomic mass is 32.1. The van der Waals surface area contributed by atoms with Crippen LogP contribution in [-0.2, 0) is 11.2 Å². The number of carbonyl (C=O) groups is 1. The molecule has 0 bridgehead atoms. The van der Waals surface area contributed by atoms with Crippen LogP contribution in [0.2, 0.25) is 0 Å². The molecule has 2 rings (SSSR count). The molecule has 0 radical (unpaired) electrons. The van der Waals surface area contributed by atoms with Crippen LogP contribution in [0.3, 0.4) is 0 Å². The molecule has 2 heterocycles. The minimum Gasteiger partial charge on any atom is -0.378 e. The predicted molar refractivity (Wildman–Crippen MR) is 73.1 cm³/mol. The van der Waals surface area contributed by atoms with Gasteiger partial charge >= 0.3 is 6.03 Å². The molecule has 1 aromatic heterocycles. The molecule has 0 saturated carbocycles. The zero-order chi connectivity index (χ0) is 13.0. The van der Waals surface area contributed by atoms with Gasteiger partial charge in [0.25, 0.3) is 0 Å². The number of rotatable bonds is 3. The second-order valence-electron chi connectivity index (χ2n) is 4.67. The summed E-state index contributed by atoms with van der Waals surface area (Å²) < 4.78 is 5.23. The molecule has 100 valence electrons. The molecule has 0 aromatic carbocycles. The molecule has 18 heavy (non-hydrogen) atoms. The van der Waals surface area contributed by atoms with E-state index in [1.807, 2.05) is 11.8 Å². The van der Waals surface area contributed by atoms with Gasteiger partial charge in [-0.1, -0.05) is 0 Å². The number of amides is 2. The van der Waals surface area contributed by atoms with E-state index < -0.39 is 0 Å². The Morgan fingerprint density at radius 1 is 1.50 bits per heavy atom. The second kappa shape index (κ2) is 6.20. The minimum atomic E-state index is 0.0269. The van der Waals surface area contributed by atoms with Crippen molar-refractivity contribution in [3.05, 3.63) is 21.9 Å². The zero-order valence-electron chi connectivity index (χ0n) is 10.9. The van der Waals surface area contributed by atoms with Crippen molar-refractivity contribution >= 4 is 17.4 Å². The molecule has 5 heteroatoms. The minimum absolute atomic E-state index is 0.0269. The van der Waals surface area contributed by atoms with Crippen LogP contribution < -0.4 is 5.32 Å². The van der Waals surface area contributed by atoms with Crippen molar-refractivity contribution in [1.82, 2.24) is 10.2 Å². The highest BCUT2D eigenvalue weighted by Gasteiger charge is 2.18. The van der Waals surface area contributed by atoms with Gasteiger partial charge < -0.3 is 15.0 Å². The third-order valence-corrected chi connectivity index (χ3v) is 3.99. The third-order valence-electron chi connectivity index (χ3n) is 2.97. The molecule has 0 spiro atoms. The summed E-state index contributed by atoms with van der Waals surface area (Å²) in [5, 5.41) is 3.05. The lowest BCUT2D eigenvalue weighted by molar-refractivity contribution is 0.0526. The molecule has 4 nitrogen and oxygen atoms in total. The molecule has 1 saturated heterocycles. The van der Waals surface area contributed by atoms with Crippen LogP contribution in [0.15, 0.2) is 12.1 Å². The fraction of sp³-hybridized carbons (Fsp3) is 0.615. The summed E-state index contributed by atoms with van der Waals surface area (Å²) in [6, 6.07) is 4.45. The van der Waals surface area contributed by atoms with Gasteiger partial charge in [-0.15, -0.1) is 11.3 Å². The summed E-state index contributed by atoms with van der Waals surface area (Å²) in [5.41, 5.74) is 0. The van der Waals surface area contributed by atoms with Crippen molar-refractivity contribution in [3.63, 3.8) is 0 Å². The van der Waals surface area contributed by atoms with Gasteiger partial charge in [0, 0.05) is 35.3 Å². The number of aryl methyl sites for hydroxylation is 1. The van der Waals surface area contributed by atoms with Crippen LogP contribution >= 0.6 is 11.3 Å². The molecule has 1 aliphatic rings. The van der Waals surface area contributed by atoms with Crippen LogP contribution in [0, 0.1) is 6.92 Å². The van der Waals surface area contributed by atoms with Gasteiger partial charge in [-0.3, -0.25) is 0 Å². The molecular weight excluding hydrogens is 248 g/mol. The third kappa shape index (κ3) is 3.71. The number of morpholine rings is 1. The van der Waals surface area contributed by atoms with E-state index in [1.165, 1.54) is 9.75 Å². The van der Waals surface area contributed by atoms with Crippen molar-refractivity contribution in [1.29, 1.82) is 0 Å². The average molecular weight is 268 g/mol. The lowest BCUT2D eigenvalue weighted by Crippen LogP contribution is -2.48. The van der Waals surface area contributed by atoms with E-state index in [0.717, 1.165) is 6.42 Å². The molecule has 2 amide bonds. The first kappa shape index (κ1) is 13.4. The van der Waals surface area contributed by atoms with E-state index in [2.05, 4.69) is 24.4 Å². The number of ether oxygens (including phenoxy) is 1. The summed E-state index contributed by atoms with van der Waals surface area (Å²) in [4.78, 5) is 16.4. The highest BCUT2D eigenvalue weighted by Crippen LogP contribution is 2.16. The first-order valence-electron chi connectivity index (χ1n) is 6.33. The highest BCUT2D eigenvalue weighted by molar-refractivity contribution is 7.11. The Kier molecular flexibility index (Phi) is 4.60. The maximum Gasteiger partial charge on any atom is 0.317 e. The molecule has 1 aromatic rings. The Morgan fingerprint density at radius 3 is 2.83 bits per heavy atom. The van der Waals surface area contributed by atoms with Gasteiger partial charge in [-0.2, -0.15) is 0 Å². The van der Waals surface area contributed by atoms with Gasteiger partial charge in [0.15, 0.2) is 0 Å². The SMILES string of the molecule is Cc1ccc(CC(C)NC(=O)N2CCOCC2)s1. The Labute approximate surface area is 112 Å². The Bertz CT molecular complexity index is 399.